The Morgan fingerprint density at radius 2 is 1.67 bits per heavy atom. The maximum atomic E-state index is 13.1. The zero-order chi connectivity index (χ0) is 23.4. The first kappa shape index (κ1) is 23.0. The van der Waals surface area contributed by atoms with Gasteiger partial charge in [0.1, 0.15) is 5.82 Å². The van der Waals surface area contributed by atoms with Crippen LogP contribution in [-0.4, -0.2) is 38.4 Å². The first-order valence-electron chi connectivity index (χ1n) is 10.3. The molecule has 168 valence electrons. The lowest BCUT2D eigenvalue weighted by atomic mass is 10.1. The van der Waals surface area contributed by atoms with E-state index in [1.54, 1.807) is 24.1 Å². The number of aromatic nitrogens is 3. The molecular weight excluding hydrogens is 459 g/mol. The lowest BCUT2D eigenvalue weighted by Gasteiger charge is -2.17. The fourth-order valence-corrected chi connectivity index (χ4v) is 4.28. The van der Waals surface area contributed by atoms with Gasteiger partial charge in [0, 0.05) is 29.9 Å². The highest BCUT2D eigenvalue weighted by Gasteiger charge is 2.18. The van der Waals surface area contributed by atoms with Crippen LogP contribution in [0.3, 0.4) is 0 Å². The molecule has 0 aliphatic carbocycles. The molecule has 5 nitrogen and oxygen atoms in total. The van der Waals surface area contributed by atoms with Crippen LogP contribution in [0.25, 0.3) is 17.1 Å². The van der Waals surface area contributed by atoms with Gasteiger partial charge in [0.2, 0.25) is 5.91 Å². The van der Waals surface area contributed by atoms with Gasteiger partial charge in [-0.05, 0) is 48.9 Å². The van der Waals surface area contributed by atoms with Crippen LogP contribution in [0.5, 0.6) is 0 Å². The zero-order valence-corrected chi connectivity index (χ0v) is 19.8. The zero-order valence-electron chi connectivity index (χ0n) is 18.2. The third kappa shape index (κ3) is 5.61. The minimum atomic E-state index is -0.297. The summed E-state index contributed by atoms with van der Waals surface area (Å²) >= 11 is 7.40. The molecule has 0 aliphatic heterocycles. The maximum Gasteiger partial charge on any atom is 0.233 e. The van der Waals surface area contributed by atoms with Crippen molar-refractivity contribution < 1.29 is 9.18 Å². The fourth-order valence-electron chi connectivity index (χ4n) is 3.26. The van der Waals surface area contributed by atoms with Crippen molar-refractivity contribution in [2.45, 2.75) is 18.6 Å². The molecule has 0 atom stereocenters. The quantitative estimate of drug-likeness (QED) is 0.314. The number of halogens is 2. The minimum absolute atomic E-state index is 0.0631. The lowest BCUT2D eigenvalue weighted by molar-refractivity contribution is -0.127. The van der Waals surface area contributed by atoms with Gasteiger partial charge in [-0.15, -0.1) is 10.2 Å². The molecule has 1 amide bonds. The Morgan fingerprint density at radius 1 is 1.00 bits per heavy atom. The van der Waals surface area contributed by atoms with E-state index in [-0.39, 0.29) is 17.5 Å². The summed E-state index contributed by atoms with van der Waals surface area (Å²) in [4.78, 5) is 14.4. The Morgan fingerprint density at radius 3 is 2.33 bits per heavy atom. The number of carbonyl (C=O) groups excluding carboxylic acids is 1. The molecule has 0 aliphatic rings. The normalized spacial score (nSPS) is 10.9. The van der Waals surface area contributed by atoms with Gasteiger partial charge in [0.25, 0.3) is 0 Å². The van der Waals surface area contributed by atoms with E-state index in [1.807, 2.05) is 60.0 Å². The molecule has 1 heterocycles. The Kier molecular flexibility index (Phi) is 7.11. The van der Waals surface area contributed by atoms with E-state index in [0.29, 0.717) is 22.5 Å². The second-order valence-electron chi connectivity index (χ2n) is 7.65. The Balaban J connectivity index is 1.55. The van der Waals surface area contributed by atoms with Gasteiger partial charge in [-0.3, -0.25) is 9.36 Å². The monoisotopic (exact) mass is 480 g/mol. The molecule has 0 fully saturated rings. The summed E-state index contributed by atoms with van der Waals surface area (Å²) in [6.07, 6.45) is 0. The number of hydrogen-bond acceptors (Lipinski definition) is 4. The van der Waals surface area contributed by atoms with E-state index in [1.165, 1.54) is 23.9 Å². The highest BCUT2D eigenvalue weighted by atomic mass is 35.5. The number of rotatable bonds is 7. The maximum absolute atomic E-state index is 13.1. The first-order valence-corrected chi connectivity index (χ1v) is 11.7. The summed E-state index contributed by atoms with van der Waals surface area (Å²) in [6.45, 7) is 2.43. The predicted octanol–water partition coefficient (Wildman–Crippen LogP) is 5.79. The van der Waals surface area contributed by atoms with Crippen LogP contribution < -0.4 is 0 Å². The van der Waals surface area contributed by atoms with Crippen LogP contribution in [0.2, 0.25) is 5.02 Å². The number of benzene rings is 3. The van der Waals surface area contributed by atoms with Crippen molar-refractivity contribution in [3.05, 3.63) is 94.8 Å². The van der Waals surface area contributed by atoms with E-state index >= 15 is 0 Å². The molecule has 0 unspecified atom stereocenters. The average molecular weight is 481 g/mol. The van der Waals surface area contributed by atoms with Crippen LogP contribution in [0.1, 0.15) is 11.1 Å². The third-order valence-electron chi connectivity index (χ3n) is 5.11. The SMILES string of the molecule is Cc1ccc(-c2nnc(SCC(=O)N(C)Cc3ccc(F)cc3)n2-c2ccc(Cl)cc2)cc1. The number of thioether (sulfide) groups is 1. The van der Waals surface area contributed by atoms with Gasteiger partial charge in [-0.2, -0.15) is 0 Å². The van der Waals surface area contributed by atoms with Gasteiger partial charge >= 0.3 is 0 Å². The lowest BCUT2D eigenvalue weighted by Crippen LogP contribution is -2.27. The molecule has 3 aromatic carbocycles. The summed E-state index contributed by atoms with van der Waals surface area (Å²) in [5, 5.41) is 10.0. The van der Waals surface area contributed by atoms with Crippen molar-refractivity contribution in [2.24, 2.45) is 0 Å². The molecule has 33 heavy (non-hydrogen) atoms. The molecule has 0 N–H and O–H groups in total. The van der Waals surface area contributed by atoms with Crippen molar-refractivity contribution in [3.63, 3.8) is 0 Å². The van der Waals surface area contributed by atoms with Crippen molar-refractivity contribution >= 4 is 29.3 Å². The number of aryl methyl sites for hydroxylation is 1. The summed E-state index contributed by atoms with van der Waals surface area (Å²) in [6, 6.07) is 21.6. The van der Waals surface area contributed by atoms with E-state index in [0.717, 1.165) is 22.4 Å². The topological polar surface area (TPSA) is 51.0 Å². The van der Waals surface area contributed by atoms with E-state index in [4.69, 9.17) is 11.6 Å². The fraction of sp³-hybridized carbons (Fsp3) is 0.160. The van der Waals surface area contributed by atoms with Gasteiger partial charge in [0.15, 0.2) is 11.0 Å². The average Bonchev–Trinajstić information content (AvgIpc) is 3.24. The number of nitrogens with zero attached hydrogens (tertiary/aromatic N) is 4. The van der Waals surface area contributed by atoms with Crippen LogP contribution in [-0.2, 0) is 11.3 Å². The largest absolute Gasteiger partial charge is 0.341 e. The number of amides is 1. The third-order valence-corrected chi connectivity index (χ3v) is 6.28. The van der Waals surface area contributed by atoms with Crippen LogP contribution >= 0.6 is 23.4 Å². The van der Waals surface area contributed by atoms with E-state index < -0.39 is 0 Å². The van der Waals surface area contributed by atoms with Gasteiger partial charge in [0.05, 0.1) is 5.75 Å². The highest BCUT2D eigenvalue weighted by molar-refractivity contribution is 7.99. The Labute approximate surface area is 201 Å². The summed E-state index contributed by atoms with van der Waals surface area (Å²) in [5.74, 6) is 0.519. The van der Waals surface area contributed by atoms with Gasteiger partial charge < -0.3 is 4.90 Å². The van der Waals surface area contributed by atoms with E-state index in [2.05, 4.69) is 10.2 Å². The predicted molar refractivity (Wildman–Crippen MR) is 130 cm³/mol. The van der Waals surface area contributed by atoms with Crippen molar-refractivity contribution in [1.82, 2.24) is 19.7 Å². The highest BCUT2D eigenvalue weighted by Crippen LogP contribution is 2.29. The molecule has 0 spiro atoms. The van der Waals surface area contributed by atoms with Crippen molar-refractivity contribution in [1.29, 1.82) is 0 Å². The second-order valence-corrected chi connectivity index (χ2v) is 9.03. The minimum Gasteiger partial charge on any atom is -0.341 e. The molecule has 1 aromatic heterocycles. The first-order chi connectivity index (χ1) is 15.9. The van der Waals surface area contributed by atoms with E-state index in [9.17, 15) is 9.18 Å². The molecule has 0 bridgehead atoms. The van der Waals surface area contributed by atoms with Crippen LogP contribution in [0.4, 0.5) is 4.39 Å². The van der Waals surface area contributed by atoms with Gasteiger partial charge in [-0.25, -0.2) is 4.39 Å². The van der Waals surface area contributed by atoms with Crippen LogP contribution in [0, 0.1) is 12.7 Å². The number of carbonyl (C=O) groups is 1. The molecular formula is C25H22ClFN4OS. The summed E-state index contributed by atoms with van der Waals surface area (Å²) in [7, 11) is 1.73. The second kappa shape index (κ2) is 10.2. The van der Waals surface area contributed by atoms with Crippen molar-refractivity contribution in [2.75, 3.05) is 12.8 Å². The van der Waals surface area contributed by atoms with Crippen molar-refractivity contribution in [3.8, 4) is 17.1 Å². The summed E-state index contributed by atoms with van der Waals surface area (Å²) < 4.78 is 15.1. The Hall–Kier alpha value is -3.16. The molecule has 0 radical (unpaired) electrons. The number of hydrogen-bond donors (Lipinski definition) is 0. The standard InChI is InChI=1S/C25H22ClFN4OS/c1-17-3-7-19(8-4-17)24-28-29-25(31(24)22-13-9-20(26)10-14-22)33-16-23(32)30(2)15-18-5-11-21(27)12-6-18/h3-14H,15-16H2,1-2H3. The Bertz CT molecular complexity index is 1240. The smallest absolute Gasteiger partial charge is 0.233 e. The van der Waals surface area contributed by atoms with Crippen LogP contribution in [0.15, 0.2) is 78.0 Å². The van der Waals surface area contributed by atoms with Gasteiger partial charge in [-0.1, -0.05) is 65.3 Å². The molecule has 0 saturated heterocycles. The molecule has 0 saturated carbocycles. The molecule has 4 rings (SSSR count). The molecule has 8 heteroatoms. The molecule has 4 aromatic rings. The summed E-state index contributed by atoms with van der Waals surface area (Å²) in [5.41, 5.74) is 3.80.